The maximum Gasteiger partial charge on any atom is 0.256 e. The highest BCUT2D eigenvalue weighted by Gasteiger charge is 2.26. The standard InChI is InChI=1S/C31H29N7O3/c1-20-13-15-32-26(18-20)35-30(39)21-9-11-24(12-10-21)41-25-14-16-33-28-27(25)29(37-36-28)34-23-8-5-17-38(19-23)31(40)22-6-3-2-4-7-22/h2-4,6-7,9-16,18,23H,5,8,17,19H2,1H3,(H,32,35,39)(H2,33,34,36,37)/t23-/m1/s1. The number of pyridine rings is 2. The average molecular weight is 548 g/mol. The maximum absolute atomic E-state index is 13.0. The maximum atomic E-state index is 13.0. The molecule has 5 aromatic rings. The van der Waals surface area contributed by atoms with Crippen molar-refractivity contribution in [3.05, 3.63) is 102 Å². The molecule has 1 aliphatic rings. The summed E-state index contributed by atoms with van der Waals surface area (Å²) < 4.78 is 6.22. The zero-order valence-corrected chi connectivity index (χ0v) is 22.5. The van der Waals surface area contributed by atoms with Crippen LogP contribution in [0.2, 0.25) is 0 Å². The molecule has 0 saturated carbocycles. The molecule has 6 rings (SSSR count). The summed E-state index contributed by atoms with van der Waals surface area (Å²) in [7, 11) is 0. The Hall–Kier alpha value is -5.25. The molecule has 0 aliphatic carbocycles. The Morgan fingerprint density at radius 2 is 1.78 bits per heavy atom. The van der Waals surface area contributed by atoms with Crippen LogP contribution in [0.15, 0.2) is 85.2 Å². The number of aromatic amines is 1. The molecule has 0 radical (unpaired) electrons. The van der Waals surface area contributed by atoms with E-state index in [9.17, 15) is 9.59 Å². The van der Waals surface area contributed by atoms with E-state index in [1.54, 1.807) is 42.7 Å². The van der Waals surface area contributed by atoms with E-state index in [0.29, 0.717) is 51.8 Å². The van der Waals surface area contributed by atoms with E-state index in [0.717, 1.165) is 24.9 Å². The van der Waals surface area contributed by atoms with Crippen molar-refractivity contribution in [2.75, 3.05) is 23.7 Å². The van der Waals surface area contributed by atoms with Crippen LogP contribution in [0.1, 0.15) is 39.1 Å². The molecular weight excluding hydrogens is 518 g/mol. The van der Waals surface area contributed by atoms with Gasteiger partial charge in [0.15, 0.2) is 11.5 Å². The Morgan fingerprint density at radius 1 is 0.976 bits per heavy atom. The van der Waals surface area contributed by atoms with Gasteiger partial charge in [-0.05, 0) is 73.9 Å². The van der Waals surface area contributed by atoms with Gasteiger partial charge in [0.1, 0.15) is 22.7 Å². The number of carbonyl (C=O) groups excluding carboxylic acids is 2. The largest absolute Gasteiger partial charge is 0.456 e. The van der Waals surface area contributed by atoms with E-state index in [-0.39, 0.29) is 17.9 Å². The smallest absolute Gasteiger partial charge is 0.256 e. The summed E-state index contributed by atoms with van der Waals surface area (Å²) >= 11 is 0. The minimum atomic E-state index is -0.255. The van der Waals surface area contributed by atoms with Crippen molar-refractivity contribution in [3.8, 4) is 11.5 Å². The minimum Gasteiger partial charge on any atom is -0.456 e. The predicted molar refractivity (Wildman–Crippen MR) is 156 cm³/mol. The fourth-order valence-corrected chi connectivity index (χ4v) is 4.94. The second kappa shape index (κ2) is 11.5. The highest BCUT2D eigenvalue weighted by Crippen LogP contribution is 2.33. The third-order valence-corrected chi connectivity index (χ3v) is 6.99. The van der Waals surface area contributed by atoms with Gasteiger partial charge in [0.05, 0.1) is 0 Å². The fourth-order valence-electron chi connectivity index (χ4n) is 4.94. The summed E-state index contributed by atoms with van der Waals surface area (Å²) in [5.41, 5.74) is 2.77. The monoisotopic (exact) mass is 547 g/mol. The fraction of sp³-hybridized carbons (Fsp3) is 0.194. The molecule has 206 valence electrons. The van der Waals surface area contributed by atoms with Crippen LogP contribution in [0.3, 0.4) is 0 Å². The lowest BCUT2D eigenvalue weighted by atomic mass is 10.0. The lowest BCUT2D eigenvalue weighted by Gasteiger charge is -2.33. The molecule has 0 spiro atoms. The zero-order valence-electron chi connectivity index (χ0n) is 22.5. The number of carbonyl (C=O) groups is 2. The van der Waals surface area contributed by atoms with Crippen molar-refractivity contribution >= 4 is 34.5 Å². The SMILES string of the molecule is Cc1ccnc(NC(=O)c2ccc(Oc3ccnc4[nH]nc(N[C@@H]5CCCN(C(=O)c6ccccc6)C5)c34)cc2)c1. The number of anilines is 2. The lowest BCUT2D eigenvalue weighted by molar-refractivity contribution is 0.0714. The van der Waals surface area contributed by atoms with Crippen LogP contribution >= 0.6 is 0 Å². The number of likely N-dealkylation sites (tertiary alicyclic amines) is 1. The Bertz CT molecular complexity index is 1690. The number of aromatic nitrogens is 4. The van der Waals surface area contributed by atoms with Gasteiger partial charge in [-0.25, -0.2) is 9.97 Å². The molecule has 2 amide bonds. The second-order valence-electron chi connectivity index (χ2n) is 10.0. The van der Waals surface area contributed by atoms with Crippen molar-refractivity contribution in [1.29, 1.82) is 0 Å². The normalized spacial score (nSPS) is 15.0. The van der Waals surface area contributed by atoms with E-state index >= 15 is 0 Å². The molecule has 10 heteroatoms. The topological polar surface area (TPSA) is 125 Å². The summed E-state index contributed by atoms with van der Waals surface area (Å²) in [6.07, 6.45) is 5.10. The molecule has 1 atom stereocenters. The zero-order chi connectivity index (χ0) is 28.2. The van der Waals surface area contributed by atoms with Crippen LogP contribution in [-0.2, 0) is 0 Å². The molecule has 1 aliphatic heterocycles. The van der Waals surface area contributed by atoms with Crippen LogP contribution in [-0.4, -0.2) is 56.0 Å². The van der Waals surface area contributed by atoms with E-state index in [4.69, 9.17) is 4.74 Å². The third kappa shape index (κ3) is 5.86. The lowest BCUT2D eigenvalue weighted by Crippen LogP contribution is -2.45. The minimum absolute atomic E-state index is 0.0247. The molecule has 1 fully saturated rings. The van der Waals surface area contributed by atoms with Gasteiger partial charge < -0.3 is 20.3 Å². The molecular formula is C31H29N7O3. The first-order valence-electron chi connectivity index (χ1n) is 13.5. The van der Waals surface area contributed by atoms with Crippen LogP contribution in [0.5, 0.6) is 11.5 Å². The van der Waals surface area contributed by atoms with Gasteiger partial charge in [-0.2, -0.15) is 5.10 Å². The number of benzene rings is 2. The number of ether oxygens (including phenoxy) is 1. The number of amides is 2. The van der Waals surface area contributed by atoms with Crippen LogP contribution < -0.4 is 15.4 Å². The summed E-state index contributed by atoms with van der Waals surface area (Å²) in [6, 6.07) is 21.7. The Balaban J connectivity index is 1.15. The number of H-pyrrole nitrogens is 1. The molecule has 4 heterocycles. The number of fused-ring (bicyclic) bond motifs is 1. The van der Waals surface area contributed by atoms with E-state index in [1.165, 1.54) is 0 Å². The van der Waals surface area contributed by atoms with Gasteiger partial charge >= 0.3 is 0 Å². The number of nitrogens with one attached hydrogen (secondary N) is 3. The summed E-state index contributed by atoms with van der Waals surface area (Å²) in [5, 5.41) is 14.5. The van der Waals surface area contributed by atoms with Crippen molar-refractivity contribution in [2.24, 2.45) is 0 Å². The number of piperidine rings is 1. The number of aryl methyl sites for hydroxylation is 1. The highest BCUT2D eigenvalue weighted by molar-refractivity contribution is 6.03. The van der Waals surface area contributed by atoms with E-state index in [2.05, 4.69) is 30.8 Å². The van der Waals surface area contributed by atoms with Gasteiger partial charge in [0.2, 0.25) is 0 Å². The van der Waals surface area contributed by atoms with Crippen LogP contribution in [0.25, 0.3) is 11.0 Å². The molecule has 0 unspecified atom stereocenters. The number of rotatable bonds is 7. The first-order chi connectivity index (χ1) is 20.0. The van der Waals surface area contributed by atoms with E-state index < -0.39 is 0 Å². The number of hydrogen-bond acceptors (Lipinski definition) is 7. The summed E-state index contributed by atoms with van der Waals surface area (Å²) in [5.74, 6) is 2.02. The van der Waals surface area contributed by atoms with E-state index in [1.807, 2.05) is 54.3 Å². The average Bonchev–Trinajstić information content (AvgIpc) is 3.41. The van der Waals surface area contributed by atoms with Gasteiger partial charge in [0.25, 0.3) is 11.8 Å². The van der Waals surface area contributed by atoms with Gasteiger partial charge in [-0.3, -0.25) is 14.7 Å². The molecule has 3 N–H and O–H groups in total. The molecule has 3 aromatic heterocycles. The van der Waals surface area contributed by atoms with Gasteiger partial charge in [-0.15, -0.1) is 0 Å². The molecule has 1 saturated heterocycles. The number of nitrogens with zero attached hydrogens (tertiary/aromatic N) is 4. The van der Waals surface area contributed by atoms with Crippen molar-refractivity contribution in [3.63, 3.8) is 0 Å². The Morgan fingerprint density at radius 3 is 2.59 bits per heavy atom. The van der Waals surface area contributed by atoms with Crippen LogP contribution in [0.4, 0.5) is 11.6 Å². The third-order valence-electron chi connectivity index (χ3n) is 6.99. The predicted octanol–water partition coefficient (Wildman–Crippen LogP) is 5.42. The quantitative estimate of drug-likeness (QED) is 0.248. The molecule has 2 aromatic carbocycles. The number of hydrogen-bond donors (Lipinski definition) is 3. The Kier molecular flexibility index (Phi) is 7.27. The highest BCUT2D eigenvalue weighted by atomic mass is 16.5. The Labute approximate surface area is 236 Å². The summed E-state index contributed by atoms with van der Waals surface area (Å²) in [6.45, 7) is 3.23. The van der Waals surface area contributed by atoms with Crippen molar-refractivity contribution in [2.45, 2.75) is 25.8 Å². The molecule has 41 heavy (non-hydrogen) atoms. The van der Waals surface area contributed by atoms with Gasteiger partial charge in [0, 0.05) is 48.7 Å². The van der Waals surface area contributed by atoms with Crippen molar-refractivity contribution < 1.29 is 14.3 Å². The first-order valence-corrected chi connectivity index (χ1v) is 13.5. The first kappa shape index (κ1) is 26.0. The van der Waals surface area contributed by atoms with Crippen molar-refractivity contribution in [1.82, 2.24) is 25.1 Å². The molecule has 10 nitrogen and oxygen atoms in total. The van der Waals surface area contributed by atoms with Gasteiger partial charge in [-0.1, -0.05) is 18.2 Å². The summed E-state index contributed by atoms with van der Waals surface area (Å²) in [4.78, 5) is 36.1. The second-order valence-corrected chi connectivity index (χ2v) is 10.0. The molecule has 0 bridgehead atoms. The van der Waals surface area contributed by atoms with Crippen LogP contribution in [0, 0.1) is 6.92 Å².